The molecule has 0 bridgehead atoms. The van der Waals surface area contributed by atoms with E-state index in [1.807, 2.05) is 29.2 Å². The summed E-state index contributed by atoms with van der Waals surface area (Å²) in [6.07, 6.45) is 2.42. The van der Waals surface area contributed by atoms with E-state index in [1.165, 1.54) is 25.0 Å². The molecule has 1 N–H and O–H groups in total. The first kappa shape index (κ1) is 19.4. The number of carboxylic acids is 1. The normalized spacial score (nSPS) is 14.3. The fraction of sp³-hybridized carbons (Fsp3) is 0.333. The number of rotatable bonds is 7. The molecule has 2 aromatic rings. The van der Waals surface area contributed by atoms with Gasteiger partial charge in [-0.2, -0.15) is 0 Å². The van der Waals surface area contributed by atoms with E-state index < -0.39 is 5.97 Å². The van der Waals surface area contributed by atoms with Crippen LogP contribution in [0.1, 0.15) is 39.1 Å². The van der Waals surface area contributed by atoms with Crippen LogP contribution in [0.4, 0.5) is 0 Å². The molecular weight excluding hydrogens is 364 g/mol. The molecular formula is C21H23ClN2O3. The lowest BCUT2D eigenvalue weighted by Gasteiger charge is -2.26. The molecule has 0 aliphatic carbocycles. The average Bonchev–Trinajstić information content (AvgIpc) is 3.20. The number of hydrogen-bond donors (Lipinski definition) is 1. The molecule has 1 aliphatic rings. The van der Waals surface area contributed by atoms with E-state index in [9.17, 15) is 9.59 Å². The molecule has 2 aromatic carbocycles. The van der Waals surface area contributed by atoms with Crippen LogP contribution in [0, 0.1) is 0 Å². The van der Waals surface area contributed by atoms with Gasteiger partial charge in [-0.05, 0) is 67.9 Å². The number of benzene rings is 2. The highest BCUT2D eigenvalue weighted by Crippen LogP contribution is 2.15. The van der Waals surface area contributed by atoms with Crippen molar-refractivity contribution in [3.8, 4) is 0 Å². The second kappa shape index (κ2) is 9.02. The predicted molar refractivity (Wildman–Crippen MR) is 105 cm³/mol. The lowest BCUT2D eigenvalue weighted by atomic mass is 10.1. The molecule has 1 saturated heterocycles. The van der Waals surface area contributed by atoms with E-state index in [-0.39, 0.29) is 11.5 Å². The van der Waals surface area contributed by atoms with Crippen LogP contribution in [-0.4, -0.2) is 53.0 Å². The molecule has 1 amide bonds. The van der Waals surface area contributed by atoms with Crippen LogP contribution in [0.3, 0.4) is 0 Å². The summed E-state index contributed by atoms with van der Waals surface area (Å²) >= 11 is 5.96. The molecule has 0 spiro atoms. The van der Waals surface area contributed by atoms with Crippen molar-refractivity contribution in [2.75, 3.05) is 26.2 Å². The van der Waals surface area contributed by atoms with Crippen LogP contribution in [0.5, 0.6) is 0 Å². The van der Waals surface area contributed by atoms with Gasteiger partial charge in [0.05, 0.1) is 5.56 Å². The second-order valence-corrected chi connectivity index (χ2v) is 7.22. The third-order valence-corrected chi connectivity index (χ3v) is 5.09. The van der Waals surface area contributed by atoms with Crippen molar-refractivity contribution in [1.29, 1.82) is 0 Å². The standard InChI is InChI=1S/C21H23ClN2O3/c22-19-9-3-16(4-10-19)15-24(14-13-23-11-1-2-12-23)20(25)17-5-7-18(8-6-17)21(26)27/h3-10H,1-2,11-15H2,(H,26,27). The Morgan fingerprint density at radius 1 is 0.963 bits per heavy atom. The monoisotopic (exact) mass is 386 g/mol. The highest BCUT2D eigenvalue weighted by molar-refractivity contribution is 6.30. The zero-order valence-corrected chi connectivity index (χ0v) is 15.9. The van der Waals surface area contributed by atoms with Crippen LogP contribution in [0.15, 0.2) is 48.5 Å². The molecule has 1 heterocycles. The molecule has 142 valence electrons. The van der Waals surface area contributed by atoms with Crippen LogP contribution < -0.4 is 0 Å². The van der Waals surface area contributed by atoms with E-state index in [0.29, 0.717) is 23.7 Å². The summed E-state index contributed by atoms with van der Waals surface area (Å²) in [4.78, 5) is 28.2. The summed E-state index contributed by atoms with van der Waals surface area (Å²) in [5.74, 6) is -1.10. The van der Waals surface area contributed by atoms with Gasteiger partial charge in [-0.3, -0.25) is 4.79 Å². The van der Waals surface area contributed by atoms with Crippen LogP contribution >= 0.6 is 11.6 Å². The first-order valence-electron chi connectivity index (χ1n) is 9.12. The Bertz CT molecular complexity index is 784. The number of carboxylic acid groups (broad SMARTS) is 1. The lowest BCUT2D eigenvalue weighted by Crippen LogP contribution is -2.37. The summed E-state index contributed by atoms with van der Waals surface area (Å²) in [6.45, 7) is 4.12. The maximum atomic E-state index is 13.0. The Balaban J connectivity index is 1.74. The minimum atomic E-state index is -0.999. The largest absolute Gasteiger partial charge is 0.478 e. The van der Waals surface area contributed by atoms with E-state index in [0.717, 1.165) is 25.2 Å². The highest BCUT2D eigenvalue weighted by Gasteiger charge is 2.19. The van der Waals surface area contributed by atoms with Gasteiger partial charge in [-0.15, -0.1) is 0 Å². The minimum absolute atomic E-state index is 0.0962. The van der Waals surface area contributed by atoms with Crippen molar-refractivity contribution >= 4 is 23.5 Å². The fourth-order valence-electron chi connectivity index (χ4n) is 3.27. The fourth-order valence-corrected chi connectivity index (χ4v) is 3.39. The van der Waals surface area contributed by atoms with Gasteiger partial charge >= 0.3 is 5.97 Å². The summed E-state index contributed by atoms with van der Waals surface area (Å²) in [7, 11) is 0. The topological polar surface area (TPSA) is 60.9 Å². The minimum Gasteiger partial charge on any atom is -0.478 e. The molecule has 0 radical (unpaired) electrons. The van der Waals surface area contributed by atoms with E-state index in [2.05, 4.69) is 4.90 Å². The maximum Gasteiger partial charge on any atom is 0.335 e. The van der Waals surface area contributed by atoms with Crippen LogP contribution in [0.25, 0.3) is 0 Å². The van der Waals surface area contributed by atoms with Crippen LogP contribution in [-0.2, 0) is 6.54 Å². The lowest BCUT2D eigenvalue weighted by molar-refractivity contribution is 0.0692. The molecule has 27 heavy (non-hydrogen) atoms. The van der Waals surface area contributed by atoms with Crippen molar-refractivity contribution in [3.63, 3.8) is 0 Å². The first-order valence-corrected chi connectivity index (χ1v) is 9.50. The van der Waals surface area contributed by atoms with Crippen molar-refractivity contribution in [2.24, 2.45) is 0 Å². The SMILES string of the molecule is O=C(O)c1ccc(C(=O)N(CCN2CCCC2)Cc2ccc(Cl)cc2)cc1. The summed E-state index contributed by atoms with van der Waals surface area (Å²) in [5, 5.41) is 9.70. The Labute approximate surface area is 164 Å². The van der Waals surface area contributed by atoms with Crippen molar-refractivity contribution in [2.45, 2.75) is 19.4 Å². The molecule has 0 saturated carbocycles. The van der Waals surface area contributed by atoms with Gasteiger partial charge in [0.15, 0.2) is 0 Å². The first-order chi connectivity index (χ1) is 13.0. The van der Waals surface area contributed by atoms with E-state index in [4.69, 9.17) is 16.7 Å². The summed E-state index contributed by atoms with van der Waals surface area (Å²) in [6, 6.07) is 13.6. The smallest absolute Gasteiger partial charge is 0.335 e. The van der Waals surface area contributed by atoms with E-state index in [1.54, 1.807) is 12.1 Å². The molecule has 6 heteroatoms. The maximum absolute atomic E-state index is 13.0. The highest BCUT2D eigenvalue weighted by atomic mass is 35.5. The van der Waals surface area contributed by atoms with Gasteiger partial charge in [0, 0.05) is 30.2 Å². The quantitative estimate of drug-likeness (QED) is 0.786. The third-order valence-electron chi connectivity index (χ3n) is 4.84. The van der Waals surface area contributed by atoms with E-state index >= 15 is 0 Å². The second-order valence-electron chi connectivity index (χ2n) is 6.78. The molecule has 5 nitrogen and oxygen atoms in total. The number of likely N-dealkylation sites (tertiary alicyclic amines) is 1. The Morgan fingerprint density at radius 3 is 2.15 bits per heavy atom. The summed E-state index contributed by atoms with van der Waals surface area (Å²) < 4.78 is 0. The number of carbonyl (C=O) groups excluding carboxylic acids is 1. The van der Waals surface area contributed by atoms with Gasteiger partial charge < -0.3 is 14.9 Å². The number of nitrogens with zero attached hydrogens (tertiary/aromatic N) is 2. The number of halogens is 1. The van der Waals surface area contributed by atoms with Crippen molar-refractivity contribution < 1.29 is 14.7 Å². The van der Waals surface area contributed by atoms with Gasteiger partial charge in [0.1, 0.15) is 0 Å². The zero-order valence-electron chi connectivity index (χ0n) is 15.1. The van der Waals surface area contributed by atoms with Crippen molar-refractivity contribution in [1.82, 2.24) is 9.80 Å². The molecule has 0 aromatic heterocycles. The zero-order chi connectivity index (χ0) is 19.2. The number of carbonyl (C=O) groups is 2. The third kappa shape index (κ3) is 5.31. The Kier molecular flexibility index (Phi) is 6.48. The van der Waals surface area contributed by atoms with Gasteiger partial charge in [0.25, 0.3) is 5.91 Å². The molecule has 0 atom stereocenters. The molecule has 1 aliphatic heterocycles. The van der Waals surface area contributed by atoms with Gasteiger partial charge in [-0.25, -0.2) is 4.79 Å². The summed E-state index contributed by atoms with van der Waals surface area (Å²) in [5.41, 5.74) is 1.68. The van der Waals surface area contributed by atoms with Crippen LogP contribution in [0.2, 0.25) is 5.02 Å². The molecule has 3 rings (SSSR count). The Hall–Kier alpha value is -2.37. The van der Waals surface area contributed by atoms with Gasteiger partial charge in [-0.1, -0.05) is 23.7 Å². The van der Waals surface area contributed by atoms with Crippen molar-refractivity contribution in [3.05, 3.63) is 70.2 Å². The number of hydrogen-bond acceptors (Lipinski definition) is 3. The molecule has 1 fully saturated rings. The Morgan fingerprint density at radius 2 is 1.56 bits per heavy atom. The number of amides is 1. The van der Waals surface area contributed by atoms with Gasteiger partial charge in [0.2, 0.25) is 0 Å². The average molecular weight is 387 g/mol. The molecule has 0 unspecified atom stereocenters. The predicted octanol–water partition coefficient (Wildman–Crippen LogP) is 3.78. The number of aromatic carboxylic acids is 1.